The maximum Gasteiger partial charge on any atom is 0.326 e. The van der Waals surface area contributed by atoms with Gasteiger partial charge in [0.25, 0.3) is 0 Å². The molecule has 1 fully saturated rings. The van der Waals surface area contributed by atoms with Crippen LogP contribution in [-0.4, -0.2) is 35.5 Å². The number of carbonyl (C=O) groups excluding carboxylic acids is 2. The third kappa shape index (κ3) is 6.06. The van der Waals surface area contributed by atoms with E-state index >= 15 is 0 Å². The van der Waals surface area contributed by atoms with E-state index in [1.54, 1.807) is 6.07 Å². The Morgan fingerprint density at radius 2 is 2.00 bits per heavy atom. The zero-order chi connectivity index (χ0) is 16.8. The van der Waals surface area contributed by atoms with Gasteiger partial charge < -0.3 is 15.7 Å². The molecule has 7 heteroatoms. The van der Waals surface area contributed by atoms with Crippen molar-refractivity contribution >= 4 is 17.8 Å². The minimum Gasteiger partial charge on any atom is -0.480 e. The molecule has 2 rings (SSSR count). The van der Waals surface area contributed by atoms with Crippen LogP contribution in [-0.2, 0) is 20.8 Å². The molecule has 2 amide bonds. The third-order valence-electron chi connectivity index (χ3n) is 3.60. The first-order valence-corrected chi connectivity index (χ1v) is 7.47. The van der Waals surface area contributed by atoms with Crippen LogP contribution >= 0.6 is 0 Å². The van der Waals surface area contributed by atoms with Crippen LogP contribution in [0.5, 0.6) is 0 Å². The van der Waals surface area contributed by atoms with Gasteiger partial charge in [-0.25, -0.2) is 9.18 Å². The lowest BCUT2D eigenvalue weighted by Gasteiger charge is -2.14. The number of amides is 2. The first-order valence-electron chi connectivity index (χ1n) is 7.47. The van der Waals surface area contributed by atoms with Crippen molar-refractivity contribution in [3.8, 4) is 0 Å². The Labute approximate surface area is 133 Å². The largest absolute Gasteiger partial charge is 0.480 e. The van der Waals surface area contributed by atoms with Crippen LogP contribution < -0.4 is 10.6 Å². The molecule has 0 saturated heterocycles. The Morgan fingerprint density at radius 3 is 2.61 bits per heavy atom. The van der Waals surface area contributed by atoms with Crippen LogP contribution in [0.4, 0.5) is 4.39 Å². The molecule has 0 heterocycles. The standard InChI is InChI=1S/C16H19FN2O4/c17-12-3-1-2-11(6-12)8-14(20)18-9-15(21)19-13(16(22)23)7-10-4-5-10/h1-3,6,10,13H,4-5,7-9H2,(H,18,20)(H,19,21)(H,22,23). The summed E-state index contributed by atoms with van der Waals surface area (Å²) in [5.74, 6) is -2.13. The Kier molecular flexibility index (Phi) is 5.67. The molecule has 124 valence electrons. The zero-order valence-corrected chi connectivity index (χ0v) is 12.5. The summed E-state index contributed by atoms with van der Waals surface area (Å²) in [5, 5.41) is 13.9. The number of hydrogen-bond donors (Lipinski definition) is 3. The summed E-state index contributed by atoms with van der Waals surface area (Å²) in [5.41, 5.74) is 0.500. The van der Waals surface area contributed by atoms with Crippen molar-refractivity contribution in [1.82, 2.24) is 10.6 Å². The van der Waals surface area contributed by atoms with Crippen LogP contribution in [0.3, 0.4) is 0 Å². The number of halogens is 1. The van der Waals surface area contributed by atoms with Gasteiger partial charge in [-0.2, -0.15) is 0 Å². The molecule has 1 atom stereocenters. The summed E-state index contributed by atoms with van der Waals surface area (Å²) in [7, 11) is 0. The molecule has 1 aliphatic carbocycles. The highest BCUT2D eigenvalue weighted by Gasteiger charge is 2.30. The summed E-state index contributed by atoms with van der Waals surface area (Å²) < 4.78 is 13.0. The monoisotopic (exact) mass is 322 g/mol. The molecule has 6 nitrogen and oxygen atoms in total. The first kappa shape index (κ1) is 16.9. The second-order valence-corrected chi connectivity index (χ2v) is 5.72. The fraction of sp³-hybridized carbons (Fsp3) is 0.438. The van der Waals surface area contributed by atoms with E-state index in [1.807, 2.05) is 0 Å². The van der Waals surface area contributed by atoms with Crippen molar-refractivity contribution in [2.75, 3.05) is 6.54 Å². The van der Waals surface area contributed by atoms with E-state index in [2.05, 4.69) is 10.6 Å². The molecular weight excluding hydrogens is 303 g/mol. The molecular formula is C16H19FN2O4. The van der Waals surface area contributed by atoms with E-state index in [1.165, 1.54) is 18.2 Å². The Bertz CT molecular complexity index is 601. The highest BCUT2D eigenvalue weighted by Crippen LogP contribution is 2.33. The maximum atomic E-state index is 13.0. The fourth-order valence-corrected chi connectivity index (χ4v) is 2.23. The van der Waals surface area contributed by atoms with E-state index < -0.39 is 29.6 Å². The summed E-state index contributed by atoms with van der Waals surface area (Å²) >= 11 is 0. The summed E-state index contributed by atoms with van der Waals surface area (Å²) in [6.07, 6.45) is 2.35. The topological polar surface area (TPSA) is 95.5 Å². The lowest BCUT2D eigenvalue weighted by atomic mass is 10.1. The van der Waals surface area contributed by atoms with Gasteiger partial charge in [0.15, 0.2) is 0 Å². The van der Waals surface area contributed by atoms with Gasteiger partial charge in [0.2, 0.25) is 11.8 Å². The normalized spacial score (nSPS) is 14.8. The highest BCUT2D eigenvalue weighted by molar-refractivity contribution is 5.88. The molecule has 23 heavy (non-hydrogen) atoms. The van der Waals surface area contributed by atoms with Crippen molar-refractivity contribution in [3.05, 3.63) is 35.6 Å². The van der Waals surface area contributed by atoms with E-state index in [0.29, 0.717) is 17.9 Å². The van der Waals surface area contributed by atoms with Gasteiger partial charge >= 0.3 is 5.97 Å². The number of nitrogens with one attached hydrogen (secondary N) is 2. The molecule has 1 saturated carbocycles. The highest BCUT2D eigenvalue weighted by atomic mass is 19.1. The molecule has 0 spiro atoms. The number of carbonyl (C=O) groups is 3. The molecule has 1 aromatic rings. The summed E-state index contributed by atoms with van der Waals surface area (Å²) in [6.45, 7) is -0.303. The fourth-order valence-electron chi connectivity index (χ4n) is 2.23. The quantitative estimate of drug-likeness (QED) is 0.661. The van der Waals surface area contributed by atoms with Gasteiger partial charge in [0.05, 0.1) is 13.0 Å². The van der Waals surface area contributed by atoms with Crippen molar-refractivity contribution < 1.29 is 23.9 Å². The second kappa shape index (κ2) is 7.71. The predicted octanol–water partition coefficient (Wildman–Crippen LogP) is 0.854. The lowest BCUT2D eigenvalue weighted by molar-refractivity contribution is -0.142. The van der Waals surface area contributed by atoms with Gasteiger partial charge in [-0.1, -0.05) is 25.0 Å². The number of carboxylic acid groups (broad SMARTS) is 1. The number of benzene rings is 1. The van der Waals surface area contributed by atoms with Gasteiger partial charge in [-0.3, -0.25) is 9.59 Å². The SMILES string of the molecule is O=C(Cc1cccc(F)c1)NCC(=O)NC(CC1CC1)C(=O)O. The Morgan fingerprint density at radius 1 is 1.26 bits per heavy atom. The van der Waals surface area contributed by atoms with Gasteiger partial charge in [0.1, 0.15) is 11.9 Å². The van der Waals surface area contributed by atoms with Crippen LogP contribution in [0.1, 0.15) is 24.8 Å². The lowest BCUT2D eigenvalue weighted by Crippen LogP contribution is -2.46. The van der Waals surface area contributed by atoms with E-state index in [9.17, 15) is 18.8 Å². The zero-order valence-electron chi connectivity index (χ0n) is 12.5. The molecule has 1 unspecified atom stereocenters. The molecule has 3 N–H and O–H groups in total. The van der Waals surface area contributed by atoms with Gasteiger partial charge in [-0.05, 0) is 30.0 Å². The Balaban J connectivity index is 1.74. The number of rotatable bonds is 8. The molecule has 1 aliphatic rings. The predicted molar refractivity (Wildman–Crippen MR) is 80.0 cm³/mol. The second-order valence-electron chi connectivity index (χ2n) is 5.72. The molecule has 0 radical (unpaired) electrons. The van der Waals surface area contributed by atoms with Crippen molar-refractivity contribution in [2.45, 2.75) is 31.7 Å². The van der Waals surface area contributed by atoms with Crippen molar-refractivity contribution in [2.24, 2.45) is 5.92 Å². The van der Waals surface area contributed by atoms with Crippen molar-refractivity contribution in [3.63, 3.8) is 0 Å². The average molecular weight is 322 g/mol. The maximum absolute atomic E-state index is 13.0. The minimum atomic E-state index is -1.07. The molecule has 0 aromatic heterocycles. The van der Waals surface area contributed by atoms with Crippen LogP contribution in [0, 0.1) is 11.7 Å². The third-order valence-corrected chi connectivity index (χ3v) is 3.60. The van der Waals surface area contributed by atoms with Gasteiger partial charge in [-0.15, -0.1) is 0 Å². The smallest absolute Gasteiger partial charge is 0.326 e. The van der Waals surface area contributed by atoms with E-state index in [0.717, 1.165) is 12.8 Å². The summed E-state index contributed by atoms with van der Waals surface area (Å²) in [4.78, 5) is 34.5. The molecule has 0 aliphatic heterocycles. The van der Waals surface area contributed by atoms with E-state index in [-0.39, 0.29) is 13.0 Å². The van der Waals surface area contributed by atoms with Gasteiger partial charge in [0, 0.05) is 0 Å². The molecule has 1 aromatic carbocycles. The number of aliphatic carboxylic acids is 1. The molecule has 0 bridgehead atoms. The average Bonchev–Trinajstić information content (AvgIpc) is 3.28. The minimum absolute atomic E-state index is 0.0462. The number of carboxylic acids is 1. The summed E-state index contributed by atoms with van der Waals surface area (Å²) in [6, 6.07) is 4.71. The number of hydrogen-bond acceptors (Lipinski definition) is 3. The van der Waals surface area contributed by atoms with Crippen LogP contribution in [0.15, 0.2) is 24.3 Å². The first-order chi connectivity index (χ1) is 10.9. The van der Waals surface area contributed by atoms with Crippen LogP contribution in [0.2, 0.25) is 0 Å². The van der Waals surface area contributed by atoms with Crippen molar-refractivity contribution in [1.29, 1.82) is 0 Å². The Hall–Kier alpha value is -2.44. The van der Waals surface area contributed by atoms with Crippen LogP contribution in [0.25, 0.3) is 0 Å². The van der Waals surface area contributed by atoms with E-state index in [4.69, 9.17) is 5.11 Å².